The highest BCUT2D eigenvalue weighted by Gasteiger charge is 2.14. The maximum absolute atomic E-state index is 12.1. The molecular weight excluding hydrogens is 171 g/mol. The predicted molar refractivity (Wildman–Crippen MR) is 47.7 cm³/mol. The summed E-state index contributed by atoms with van der Waals surface area (Å²) in [4.78, 5) is 11.2. The summed E-state index contributed by atoms with van der Waals surface area (Å²) in [6, 6.07) is 0. The summed E-state index contributed by atoms with van der Waals surface area (Å²) in [7, 11) is 0. The Kier molecular flexibility index (Phi) is 2.80. The Labute approximate surface area is 76.6 Å². The molecule has 0 aliphatic rings. The lowest BCUT2D eigenvalue weighted by Gasteiger charge is -1.99. The Bertz CT molecular complexity index is 331. The van der Waals surface area contributed by atoms with E-state index in [4.69, 9.17) is 0 Å². The van der Waals surface area contributed by atoms with E-state index in [2.05, 4.69) is 5.10 Å². The van der Waals surface area contributed by atoms with Gasteiger partial charge in [0, 0.05) is 5.69 Å². The van der Waals surface area contributed by atoms with Gasteiger partial charge in [0.25, 0.3) is 0 Å². The summed E-state index contributed by atoms with van der Waals surface area (Å²) in [5, 5.41) is 4.08. The highest BCUT2D eigenvalue weighted by atomic mass is 19.1. The molecule has 0 atom stereocenters. The van der Waals surface area contributed by atoms with E-state index >= 15 is 0 Å². The van der Waals surface area contributed by atoms with Crippen molar-refractivity contribution >= 4 is 5.78 Å². The molecule has 0 N–H and O–H groups in total. The zero-order valence-corrected chi connectivity index (χ0v) is 8.09. The summed E-state index contributed by atoms with van der Waals surface area (Å²) < 4.78 is 13.6. The first-order valence-corrected chi connectivity index (χ1v) is 4.18. The van der Waals surface area contributed by atoms with Gasteiger partial charge in [-0.05, 0) is 20.8 Å². The molecule has 72 valence electrons. The molecule has 1 aromatic rings. The van der Waals surface area contributed by atoms with Gasteiger partial charge in [-0.3, -0.25) is 9.48 Å². The number of ketones is 1. The van der Waals surface area contributed by atoms with E-state index in [0.29, 0.717) is 11.3 Å². The largest absolute Gasteiger partial charge is 0.294 e. The van der Waals surface area contributed by atoms with Crippen molar-refractivity contribution in [3.63, 3.8) is 0 Å². The number of carbonyl (C=O) groups excluding carboxylic acids is 1. The summed E-state index contributed by atoms with van der Waals surface area (Å²) in [6.45, 7) is 4.81. The van der Waals surface area contributed by atoms with Gasteiger partial charge in [-0.2, -0.15) is 5.10 Å². The molecule has 4 heteroatoms. The Hall–Kier alpha value is -1.19. The molecule has 0 saturated carbocycles. The van der Waals surface area contributed by atoms with E-state index in [1.165, 1.54) is 11.6 Å². The Morgan fingerprint density at radius 2 is 2.15 bits per heavy atom. The zero-order chi connectivity index (χ0) is 10.0. The topological polar surface area (TPSA) is 34.9 Å². The van der Waals surface area contributed by atoms with Gasteiger partial charge in [0.05, 0.1) is 17.8 Å². The monoisotopic (exact) mass is 184 g/mol. The number of hydrogen-bond acceptors (Lipinski definition) is 2. The van der Waals surface area contributed by atoms with Crippen LogP contribution in [0, 0.1) is 13.8 Å². The van der Waals surface area contributed by atoms with Crippen LogP contribution < -0.4 is 0 Å². The molecule has 0 fully saturated rings. The van der Waals surface area contributed by atoms with E-state index in [0.717, 1.165) is 5.69 Å². The fourth-order valence-corrected chi connectivity index (χ4v) is 1.50. The smallest absolute Gasteiger partial charge is 0.163 e. The van der Waals surface area contributed by atoms with Crippen LogP contribution in [0.3, 0.4) is 0 Å². The van der Waals surface area contributed by atoms with Crippen LogP contribution in [-0.4, -0.2) is 22.2 Å². The van der Waals surface area contributed by atoms with Gasteiger partial charge in [-0.15, -0.1) is 0 Å². The van der Waals surface area contributed by atoms with Crippen molar-refractivity contribution < 1.29 is 9.18 Å². The van der Waals surface area contributed by atoms with Crippen LogP contribution in [0.1, 0.15) is 28.7 Å². The molecule has 1 aromatic heterocycles. The molecule has 0 aliphatic heterocycles. The molecule has 13 heavy (non-hydrogen) atoms. The molecule has 0 aromatic carbocycles. The summed E-state index contributed by atoms with van der Waals surface area (Å²) in [6.07, 6.45) is 0. The molecule has 0 radical (unpaired) electrons. The van der Waals surface area contributed by atoms with Crippen LogP contribution in [0.4, 0.5) is 4.39 Å². The molecule has 0 saturated heterocycles. The fourth-order valence-electron chi connectivity index (χ4n) is 1.50. The van der Waals surface area contributed by atoms with Crippen LogP contribution in [0.25, 0.3) is 0 Å². The number of halogens is 1. The number of carbonyl (C=O) groups is 1. The molecule has 1 rings (SSSR count). The van der Waals surface area contributed by atoms with Crippen molar-refractivity contribution in [2.24, 2.45) is 0 Å². The molecule has 1 heterocycles. The van der Waals surface area contributed by atoms with E-state index in [1.807, 2.05) is 0 Å². The molecule has 0 unspecified atom stereocenters. The van der Waals surface area contributed by atoms with Gasteiger partial charge in [-0.25, -0.2) is 4.39 Å². The van der Waals surface area contributed by atoms with Crippen molar-refractivity contribution in [3.8, 4) is 0 Å². The number of aryl methyl sites for hydroxylation is 2. The Morgan fingerprint density at radius 3 is 2.54 bits per heavy atom. The summed E-state index contributed by atoms with van der Waals surface area (Å²) in [5.74, 6) is -0.0138. The molecule has 0 spiro atoms. The highest BCUT2D eigenvalue weighted by Crippen LogP contribution is 2.13. The number of rotatable bonds is 3. The van der Waals surface area contributed by atoms with Crippen LogP contribution in [0.2, 0.25) is 0 Å². The second kappa shape index (κ2) is 3.68. The SMILES string of the molecule is CC(=O)c1c(C)nn(CCF)c1C. The lowest BCUT2D eigenvalue weighted by molar-refractivity contribution is 0.101. The quantitative estimate of drug-likeness (QED) is 0.670. The average Bonchev–Trinajstić information content (AvgIpc) is 2.28. The van der Waals surface area contributed by atoms with Crippen LogP contribution in [-0.2, 0) is 6.54 Å². The molecule has 0 bridgehead atoms. The fraction of sp³-hybridized carbons (Fsp3) is 0.556. The zero-order valence-electron chi connectivity index (χ0n) is 8.09. The maximum atomic E-state index is 12.1. The number of alkyl halides is 1. The van der Waals surface area contributed by atoms with Gasteiger partial charge in [0.1, 0.15) is 6.67 Å². The number of hydrogen-bond donors (Lipinski definition) is 0. The highest BCUT2D eigenvalue weighted by molar-refractivity contribution is 5.96. The van der Waals surface area contributed by atoms with Gasteiger partial charge >= 0.3 is 0 Å². The number of aromatic nitrogens is 2. The van der Waals surface area contributed by atoms with E-state index < -0.39 is 6.67 Å². The third-order valence-corrected chi connectivity index (χ3v) is 2.03. The Balaban J connectivity index is 3.14. The maximum Gasteiger partial charge on any atom is 0.163 e. The molecule has 3 nitrogen and oxygen atoms in total. The lowest BCUT2D eigenvalue weighted by Crippen LogP contribution is -2.04. The van der Waals surface area contributed by atoms with Gasteiger partial charge in [-0.1, -0.05) is 0 Å². The normalized spacial score (nSPS) is 10.5. The molecule has 0 aliphatic carbocycles. The second-order valence-corrected chi connectivity index (χ2v) is 3.01. The minimum Gasteiger partial charge on any atom is -0.294 e. The second-order valence-electron chi connectivity index (χ2n) is 3.01. The van der Waals surface area contributed by atoms with Crippen LogP contribution >= 0.6 is 0 Å². The minimum absolute atomic E-state index is 0.0138. The van der Waals surface area contributed by atoms with Crippen LogP contribution in [0.15, 0.2) is 0 Å². The van der Waals surface area contributed by atoms with Gasteiger partial charge in [0.15, 0.2) is 5.78 Å². The molecule has 0 amide bonds. The first-order valence-electron chi connectivity index (χ1n) is 4.18. The van der Waals surface area contributed by atoms with Crippen molar-refractivity contribution in [3.05, 3.63) is 17.0 Å². The lowest BCUT2D eigenvalue weighted by atomic mass is 10.1. The third-order valence-electron chi connectivity index (χ3n) is 2.03. The van der Waals surface area contributed by atoms with Crippen LogP contribution in [0.5, 0.6) is 0 Å². The van der Waals surface area contributed by atoms with Gasteiger partial charge in [0.2, 0.25) is 0 Å². The van der Waals surface area contributed by atoms with E-state index in [9.17, 15) is 9.18 Å². The minimum atomic E-state index is -0.459. The Morgan fingerprint density at radius 1 is 1.54 bits per heavy atom. The number of nitrogens with zero attached hydrogens (tertiary/aromatic N) is 2. The standard InChI is InChI=1S/C9H13FN2O/c1-6-9(8(3)13)7(2)12(11-6)5-4-10/h4-5H2,1-3H3. The van der Waals surface area contributed by atoms with Crippen molar-refractivity contribution in [2.45, 2.75) is 27.3 Å². The van der Waals surface area contributed by atoms with Gasteiger partial charge < -0.3 is 0 Å². The molecular formula is C9H13FN2O. The first kappa shape index (κ1) is 9.89. The van der Waals surface area contributed by atoms with E-state index in [-0.39, 0.29) is 12.3 Å². The first-order chi connectivity index (χ1) is 6.07. The van der Waals surface area contributed by atoms with E-state index in [1.54, 1.807) is 13.8 Å². The predicted octanol–water partition coefficient (Wildman–Crippen LogP) is 1.67. The summed E-state index contributed by atoms with van der Waals surface area (Å²) in [5.41, 5.74) is 2.05. The third kappa shape index (κ3) is 1.76. The number of Topliss-reactive ketones (excluding diaryl/α,β-unsaturated/α-hetero) is 1. The van der Waals surface area contributed by atoms with Crippen molar-refractivity contribution in [1.29, 1.82) is 0 Å². The van der Waals surface area contributed by atoms with Crippen molar-refractivity contribution in [1.82, 2.24) is 9.78 Å². The van der Waals surface area contributed by atoms with Crippen molar-refractivity contribution in [2.75, 3.05) is 6.67 Å². The average molecular weight is 184 g/mol. The summed E-state index contributed by atoms with van der Waals surface area (Å²) >= 11 is 0.